The van der Waals surface area contributed by atoms with Crippen molar-refractivity contribution in [3.63, 3.8) is 0 Å². The van der Waals surface area contributed by atoms with E-state index in [4.69, 9.17) is 11.4 Å². The summed E-state index contributed by atoms with van der Waals surface area (Å²) in [6.07, 6.45) is 7.18. The van der Waals surface area contributed by atoms with Gasteiger partial charge in [0.05, 0.1) is 10.2 Å². The Hall–Kier alpha value is -1.94. The first-order valence-corrected chi connectivity index (χ1v) is 10.7. The second-order valence-corrected chi connectivity index (χ2v) is 8.53. The number of thiazole rings is 1. The summed E-state index contributed by atoms with van der Waals surface area (Å²) in [7, 11) is 0. The van der Waals surface area contributed by atoms with Crippen molar-refractivity contribution in [1.82, 2.24) is 10.3 Å². The summed E-state index contributed by atoms with van der Waals surface area (Å²) >= 11 is 1.79. The highest BCUT2D eigenvalue weighted by Crippen LogP contribution is 2.20. The lowest BCUT2D eigenvalue weighted by Crippen LogP contribution is -3.28. The Kier molecular flexibility index (Phi) is 6.48. The van der Waals surface area contributed by atoms with E-state index < -0.39 is 5.54 Å². The Bertz CT molecular complexity index is 780. The molecule has 1 aliphatic heterocycles. The number of para-hydroxylation sites is 1. The summed E-state index contributed by atoms with van der Waals surface area (Å²) < 4.78 is 1.26. The van der Waals surface area contributed by atoms with Crippen LogP contribution in [0.2, 0.25) is 0 Å². The van der Waals surface area contributed by atoms with Crippen LogP contribution in [0.5, 0.6) is 0 Å². The molecular weight excluding hydrogens is 356 g/mol. The van der Waals surface area contributed by atoms with Gasteiger partial charge in [0.25, 0.3) is 5.91 Å². The van der Waals surface area contributed by atoms with Crippen LogP contribution in [-0.4, -0.2) is 49.2 Å². The number of aromatic nitrogens is 1. The fraction of sp³-hybridized carbons (Fsp3) is 0.524. The van der Waals surface area contributed by atoms with E-state index in [0.717, 1.165) is 51.1 Å². The molecule has 0 saturated carbocycles. The number of terminal acetylenes is 1. The van der Waals surface area contributed by atoms with Gasteiger partial charge in [-0.25, -0.2) is 4.98 Å². The van der Waals surface area contributed by atoms with Crippen molar-refractivity contribution < 1.29 is 14.6 Å². The van der Waals surface area contributed by atoms with E-state index in [-0.39, 0.29) is 5.91 Å². The van der Waals surface area contributed by atoms with Gasteiger partial charge in [-0.1, -0.05) is 31.9 Å². The van der Waals surface area contributed by atoms with Crippen molar-refractivity contribution in [1.29, 1.82) is 0 Å². The van der Waals surface area contributed by atoms with Gasteiger partial charge >= 0.3 is 0 Å². The van der Waals surface area contributed by atoms with Crippen LogP contribution in [0.15, 0.2) is 24.3 Å². The topological polar surface area (TPSA) is 50.9 Å². The zero-order valence-corrected chi connectivity index (χ0v) is 17.1. The Morgan fingerprint density at radius 1 is 1.22 bits per heavy atom. The Balaban J connectivity index is 1.47. The lowest BCUT2D eigenvalue weighted by Gasteiger charge is -2.31. The molecular formula is C21H30N4OS+2. The Labute approximate surface area is 165 Å². The molecule has 0 bridgehead atoms. The van der Waals surface area contributed by atoms with Crippen molar-refractivity contribution in [2.24, 2.45) is 0 Å². The highest BCUT2D eigenvalue weighted by molar-refractivity contribution is 7.18. The van der Waals surface area contributed by atoms with E-state index in [9.17, 15) is 4.79 Å². The molecule has 1 saturated heterocycles. The zero-order chi connectivity index (χ0) is 19.3. The molecule has 2 heterocycles. The van der Waals surface area contributed by atoms with Crippen LogP contribution in [0, 0.1) is 12.3 Å². The monoisotopic (exact) mass is 386 g/mol. The average molecular weight is 387 g/mol. The third-order valence-corrected chi connectivity index (χ3v) is 6.71. The van der Waals surface area contributed by atoms with Crippen LogP contribution in [0.1, 0.15) is 31.7 Å². The molecule has 1 fully saturated rings. The number of piperazine rings is 1. The van der Waals surface area contributed by atoms with Gasteiger partial charge < -0.3 is 15.1 Å². The van der Waals surface area contributed by atoms with E-state index in [1.54, 1.807) is 16.2 Å². The minimum Gasteiger partial charge on any atom is -0.335 e. The minimum absolute atomic E-state index is 0.0706. The largest absolute Gasteiger partial charge is 0.335 e. The third-order valence-electron chi connectivity index (χ3n) is 5.68. The number of quaternary nitrogens is 2. The quantitative estimate of drug-likeness (QED) is 0.582. The second-order valence-electron chi connectivity index (χ2n) is 7.41. The molecule has 0 unspecified atom stereocenters. The molecule has 1 aromatic heterocycles. The number of amides is 1. The smallest absolute Gasteiger partial charge is 0.276 e. The third kappa shape index (κ3) is 4.86. The van der Waals surface area contributed by atoms with Gasteiger partial charge in [0.15, 0.2) is 6.54 Å². The normalized spacial score (nSPS) is 20.3. The number of hydrogen-bond donors (Lipinski definition) is 3. The lowest BCUT2D eigenvalue weighted by molar-refractivity contribution is -1.02. The SMILES string of the molecule is C#CC(CC)(CC)NC(=O)C[NH+]1CC[NH+](Cc2nc3ccccc3s2)CC1. The van der Waals surface area contributed by atoms with E-state index in [1.807, 2.05) is 19.9 Å². The van der Waals surface area contributed by atoms with Crippen LogP contribution >= 0.6 is 11.3 Å². The van der Waals surface area contributed by atoms with Gasteiger partial charge in [-0.2, -0.15) is 0 Å². The molecule has 0 spiro atoms. The summed E-state index contributed by atoms with van der Waals surface area (Å²) in [5.74, 6) is 2.85. The number of fused-ring (bicyclic) bond motifs is 1. The second kappa shape index (κ2) is 8.83. The van der Waals surface area contributed by atoms with Crippen LogP contribution < -0.4 is 15.1 Å². The first-order chi connectivity index (χ1) is 13.1. The van der Waals surface area contributed by atoms with Crippen LogP contribution in [-0.2, 0) is 11.3 Å². The van der Waals surface area contributed by atoms with Crippen LogP contribution in [0.25, 0.3) is 10.2 Å². The van der Waals surface area contributed by atoms with Crippen LogP contribution in [0.3, 0.4) is 0 Å². The van der Waals surface area contributed by atoms with Crippen LogP contribution in [0.4, 0.5) is 0 Å². The summed E-state index contributed by atoms with van der Waals surface area (Å²) in [5.41, 5.74) is 0.609. The molecule has 0 atom stereocenters. The summed E-state index contributed by atoms with van der Waals surface area (Å²) in [4.78, 5) is 20.1. The molecule has 1 aliphatic rings. The fourth-order valence-electron chi connectivity index (χ4n) is 3.73. The minimum atomic E-state index is -0.490. The number of nitrogens with one attached hydrogen (secondary N) is 3. The van der Waals surface area contributed by atoms with Crippen molar-refractivity contribution in [2.75, 3.05) is 32.7 Å². The Morgan fingerprint density at radius 3 is 2.52 bits per heavy atom. The zero-order valence-electron chi connectivity index (χ0n) is 16.3. The molecule has 0 aliphatic carbocycles. The van der Waals surface area contributed by atoms with E-state index >= 15 is 0 Å². The van der Waals surface area contributed by atoms with E-state index in [2.05, 4.69) is 29.4 Å². The number of benzene rings is 1. The molecule has 144 valence electrons. The molecule has 6 heteroatoms. The number of carbonyl (C=O) groups is 1. The molecule has 1 amide bonds. The van der Waals surface area contributed by atoms with Crippen molar-refractivity contribution in [2.45, 2.75) is 38.8 Å². The van der Waals surface area contributed by atoms with Gasteiger partial charge in [0.2, 0.25) is 0 Å². The predicted molar refractivity (Wildman–Crippen MR) is 110 cm³/mol. The van der Waals surface area contributed by atoms with Crippen molar-refractivity contribution in [3.8, 4) is 12.3 Å². The molecule has 3 rings (SSSR count). The highest BCUT2D eigenvalue weighted by Gasteiger charge is 2.29. The molecule has 5 nitrogen and oxygen atoms in total. The van der Waals surface area contributed by atoms with Crippen molar-refractivity contribution >= 4 is 27.5 Å². The fourth-order valence-corrected chi connectivity index (χ4v) is 4.76. The summed E-state index contributed by atoms with van der Waals surface area (Å²) in [5, 5.41) is 4.29. The summed E-state index contributed by atoms with van der Waals surface area (Å²) in [6, 6.07) is 8.32. The molecule has 0 radical (unpaired) electrons. The molecule has 1 aromatic carbocycles. The number of rotatable bonds is 7. The molecule has 27 heavy (non-hydrogen) atoms. The molecule has 2 aromatic rings. The maximum atomic E-state index is 12.4. The maximum Gasteiger partial charge on any atom is 0.276 e. The lowest BCUT2D eigenvalue weighted by atomic mass is 9.94. The summed E-state index contributed by atoms with van der Waals surface area (Å²) in [6.45, 7) is 9.70. The first kappa shape index (κ1) is 19.8. The van der Waals surface area contributed by atoms with Crippen molar-refractivity contribution in [3.05, 3.63) is 29.3 Å². The number of nitrogens with zero attached hydrogens (tertiary/aromatic N) is 1. The van der Waals surface area contributed by atoms with Gasteiger partial charge in [-0.15, -0.1) is 17.8 Å². The first-order valence-electron chi connectivity index (χ1n) is 9.88. The standard InChI is InChI=1S/C21H28N4OS/c1-4-21(5-2,6-3)23-19(26)15-24-11-13-25(14-12-24)16-20-22-17-9-7-8-10-18(17)27-20/h1,7-10H,5-6,11-16H2,2-3H3,(H,23,26)/p+2. The van der Waals surface area contributed by atoms with E-state index in [0.29, 0.717) is 6.54 Å². The van der Waals surface area contributed by atoms with E-state index in [1.165, 1.54) is 14.6 Å². The molecule has 3 N–H and O–H groups in total. The van der Waals surface area contributed by atoms with Gasteiger partial charge in [-0.05, 0) is 25.0 Å². The average Bonchev–Trinajstić information content (AvgIpc) is 3.10. The van der Waals surface area contributed by atoms with Gasteiger partial charge in [0, 0.05) is 0 Å². The predicted octanol–water partition coefficient (Wildman–Crippen LogP) is -0.112. The van der Waals surface area contributed by atoms with Gasteiger partial charge in [-0.3, -0.25) is 4.79 Å². The maximum absolute atomic E-state index is 12.4. The highest BCUT2D eigenvalue weighted by atomic mass is 32.1. The number of carbonyl (C=O) groups excluding carboxylic acids is 1. The Morgan fingerprint density at radius 2 is 1.89 bits per heavy atom. The number of hydrogen-bond acceptors (Lipinski definition) is 3. The van der Waals surface area contributed by atoms with Gasteiger partial charge in [0.1, 0.15) is 43.3 Å².